The van der Waals surface area contributed by atoms with Gasteiger partial charge in [0.25, 0.3) is 0 Å². The third kappa shape index (κ3) is 2.41. The first-order valence-corrected chi connectivity index (χ1v) is 5.97. The van der Waals surface area contributed by atoms with Crippen LogP contribution in [0.15, 0.2) is 28.8 Å². The van der Waals surface area contributed by atoms with Gasteiger partial charge in [-0.05, 0) is 25.5 Å². The third-order valence-corrected chi connectivity index (χ3v) is 2.95. The first-order chi connectivity index (χ1) is 8.63. The lowest BCUT2D eigenvalue weighted by Crippen LogP contribution is -2.24. The molecule has 0 saturated carbocycles. The molecular formula is C13H16FN3O. The van der Waals surface area contributed by atoms with Gasteiger partial charge in [0.2, 0.25) is 11.7 Å². The fraction of sp³-hybridized carbons (Fsp3) is 0.385. The smallest absolute Gasteiger partial charge is 0.231 e. The number of halogens is 1. The Labute approximate surface area is 105 Å². The highest BCUT2D eigenvalue weighted by atomic mass is 19.1. The molecule has 0 radical (unpaired) electrons. The Kier molecular flexibility index (Phi) is 3.72. The van der Waals surface area contributed by atoms with Crippen molar-refractivity contribution in [2.45, 2.75) is 32.2 Å². The van der Waals surface area contributed by atoms with Crippen LogP contribution in [0, 0.1) is 5.82 Å². The number of hydrogen-bond acceptors (Lipinski definition) is 4. The molecule has 0 amide bonds. The van der Waals surface area contributed by atoms with Crippen LogP contribution in [-0.4, -0.2) is 16.2 Å². The lowest BCUT2D eigenvalue weighted by atomic mass is 9.99. The van der Waals surface area contributed by atoms with Crippen molar-refractivity contribution in [3.63, 3.8) is 0 Å². The van der Waals surface area contributed by atoms with E-state index in [2.05, 4.69) is 10.1 Å². The van der Waals surface area contributed by atoms with Gasteiger partial charge in [-0.15, -0.1) is 0 Å². The lowest BCUT2D eigenvalue weighted by molar-refractivity contribution is 0.334. The zero-order valence-corrected chi connectivity index (χ0v) is 10.4. The Balaban J connectivity index is 2.34. The van der Waals surface area contributed by atoms with E-state index in [1.165, 1.54) is 6.07 Å². The van der Waals surface area contributed by atoms with Gasteiger partial charge in [-0.3, -0.25) is 0 Å². The SMILES string of the molecule is CCC(c1nc(-c2ccccc2F)no1)C(C)N. The molecule has 2 rings (SSSR count). The van der Waals surface area contributed by atoms with E-state index in [4.69, 9.17) is 10.3 Å². The summed E-state index contributed by atoms with van der Waals surface area (Å²) in [6.07, 6.45) is 0.802. The van der Waals surface area contributed by atoms with Crippen LogP contribution in [0.5, 0.6) is 0 Å². The fourth-order valence-electron chi connectivity index (χ4n) is 1.91. The van der Waals surface area contributed by atoms with Crippen molar-refractivity contribution in [2.24, 2.45) is 5.73 Å². The number of nitrogens with zero attached hydrogens (tertiary/aromatic N) is 2. The highest BCUT2D eigenvalue weighted by Gasteiger charge is 2.22. The minimum atomic E-state index is -0.362. The van der Waals surface area contributed by atoms with Crippen LogP contribution in [0.2, 0.25) is 0 Å². The molecule has 5 heteroatoms. The summed E-state index contributed by atoms with van der Waals surface area (Å²) in [5.41, 5.74) is 6.20. The van der Waals surface area contributed by atoms with Crippen LogP contribution in [0.25, 0.3) is 11.4 Å². The van der Waals surface area contributed by atoms with E-state index < -0.39 is 0 Å². The Morgan fingerprint density at radius 2 is 2.11 bits per heavy atom. The van der Waals surface area contributed by atoms with Crippen molar-refractivity contribution >= 4 is 0 Å². The Bertz CT molecular complexity index is 524. The Morgan fingerprint density at radius 3 is 2.72 bits per heavy atom. The summed E-state index contributed by atoms with van der Waals surface area (Å²) in [5.74, 6) is 0.365. The van der Waals surface area contributed by atoms with E-state index >= 15 is 0 Å². The highest BCUT2D eigenvalue weighted by molar-refractivity contribution is 5.54. The molecule has 0 aliphatic heterocycles. The fourth-order valence-corrected chi connectivity index (χ4v) is 1.91. The van der Waals surface area contributed by atoms with Crippen molar-refractivity contribution in [2.75, 3.05) is 0 Å². The van der Waals surface area contributed by atoms with Gasteiger partial charge in [-0.2, -0.15) is 4.98 Å². The molecule has 0 aliphatic rings. The van der Waals surface area contributed by atoms with Crippen LogP contribution < -0.4 is 5.73 Å². The summed E-state index contributed by atoms with van der Waals surface area (Å²) >= 11 is 0. The van der Waals surface area contributed by atoms with Gasteiger partial charge in [0, 0.05) is 6.04 Å². The number of aromatic nitrogens is 2. The molecule has 0 saturated heterocycles. The van der Waals surface area contributed by atoms with Gasteiger partial charge < -0.3 is 10.3 Å². The predicted octanol–water partition coefficient (Wildman–Crippen LogP) is 2.72. The van der Waals surface area contributed by atoms with E-state index in [9.17, 15) is 4.39 Å². The van der Waals surface area contributed by atoms with Crippen molar-refractivity contribution in [1.29, 1.82) is 0 Å². The summed E-state index contributed by atoms with van der Waals surface area (Å²) in [6, 6.07) is 6.27. The summed E-state index contributed by atoms with van der Waals surface area (Å²) in [5, 5.41) is 3.82. The van der Waals surface area contributed by atoms with Gasteiger partial charge in [-0.25, -0.2) is 4.39 Å². The second kappa shape index (κ2) is 5.27. The molecule has 18 heavy (non-hydrogen) atoms. The monoisotopic (exact) mass is 249 g/mol. The largest absolute Gasteiger partial charge is 0.339 e. The molecule has 4 nitrogen and oxygen atoms in total. The maximum Gasteiger partial charge on any atom is 0.231 e. The second-order valence-electron chi connectivity index (χ2n) is 4.31. The van der Waals surface area contributed by atoms with Gasteiger partial charge in [0.15, 0.2) is 0 Å². The molecule has 2 aromatic rings. The second-order valence-corrected chi connectivity index (χ2v) is 4.31. The normalized spacial score (nSPS) is 14.4. The topological polar surface area (TPSA) is 64.9 Å². The Morgan fingerprint density at radius 1 is 1.39 bits per heavy atom. The van der Waals surface area contributed by atoms with Crippen LogP contribution in [-0.2, 0) is 0 Å². The molecule has 0 aliphatic carbocycles. The zero-order valence-electron chi connectivity index (χ0n) is 10.4. The van der Waals surface area contributed by atoms with E-state index in [1.807, 2.05) is 13.8 Å². The van der Waals surface area contributed by atoms with Crippen molar-refractivity contribution < 1.29 is 8.91 Å². The maximum absolute atomic E-state index is 13.6. The highest BCUT2D eigenvalue weighted by Crippen LogP contribution is 2.25. The third-order valence-electron chi connectivity index (χ3n) is 2.95. The summed E-state index contributed by atoms with van der Waals surface area (Å²) in [4.78, 5) is 4.24. The number of nitrogens with two attached hydrogens (primary N) is 1. The minimum Gasteiger partial charge on any atom is -0.339 e. The van der Waals surface area contributed by atoms with E-state index in [-0.39, 0.29) is 23.6 Å². The molecule has 0 bridgehead atoms. The molecule has 0 spiro atoms. The molecule has 1 aromatic heterocycles. The molecule has 1 heterocycles. The summed E-state index contributed by atoms with van der Waals surface area (Å²) in [6.45, 7) is 3.89. The molecular weight excluding hydrogens is 233 g/mol. The lowest BCUT2D eigenvalue weighted by Gasteiger charge is -2.13. The number of hydrogen-bond donors (Lipinski definition) is 1. The molecule has 1 aromatic carbocycles. The predicted molar refractivity (Wildman–Crippen MR) is 66.4 cm³/mol. The molecule has 2 N–H and O–H groups in total. The average Bonchev–Trinajstić information content (AvgIpc) is 2.79. The average molecular weight is 249 g/mol. The summed E-state index contributed by atoms with van der Waals surface area (Å²) < 4.78 is 18.8. The van der Waals surface area contributed by atoms with Gasteiger partial charge in [-0.1, -0.05) is 24.2 Å². The van der Waals surface area contributed by atoms with Crippen LogP contribution in [0.1, 0.15) is 32.1 Å². The van der Waals surface area contributed by atoms with Gasteiger partial charge in [0.1, 0.15) is 5.82 Å². The van der Waals surface area contributed by atoms with Crippen molar-refractivity contribution in [3.05, 3.63) is 36.0 Å². The van der Waals surface area contributed by atoms with E-state index in [0.717, 1.165) is 6.42 Å². The zero-order chi connectivity index (χ0) is 13.1. The molecule has 2 unspecified atom stereocenters. The van der Waals surface area contributed by atoms with Gasteiger partial charge in [0.05, 0.1) is 11.5 Å². The molecule has 0 fully saturated rings. The number of benzene rings is 1. The van der Waals surface area contributed by atoms with Crippen LogP contribution >= 0.6 is 0 Å². The van der Waals surface area contributed by atoms with E-state index in [1.54, 1.807) is 18.2 Å². The van der Waals surface area contributed by atoms with Gasteiger partial charge >= 0.3 is 0 Å². The molecule has 2 atom stereocenters. The van der Waals surface area contributed by atoms with E-state index in [0.29, 0.717) is 11.5 Å². The minimum absolute atomic E-state index is 0.00183. The van der Waals surface area contributed by atoms with Crippen molar-refractivity contribution in [3.8, 4) is 11.4 Å². The summed E-state index contributed by atoms with van der Waals surface area (Å²) in [7, 11) is 0. The first-order valence-electron chi connectivity index (χ1n) is 5.97. The quantitative estimate of drug-likeness (QED) is 0.904. The first kappa shape index (κ1) is 12.7. The van der Waals surface area contributed by atoms with Crippen LogP contribution in [0.3, 0.4) is 0 Å². The maximum atomic E-state index is 13.6. The Hall–Kier alpha value is -1.75. The number of rotatable bonds is 4. The van der Waals surface area contributed by atoms with Crippen molar-refractivity contribution in [1.82, 2.24) is 10.1 Å². The standard InChI is InChI=1S/C13H16FN3O/c1-3-9(8(2)15)13-16-12(17-18-13)10-6-4-5-7-11(10)14/h4-9H,3,15H2,1-2H3. The molecule has 96 valence electrons. The van der Waals surface area contributed by atoms with Crippen LogP contribution in [0.4, 0.5) is 4.39 Å².